The third kappa shape index (κ3) is 3.32. The number of hydrogen-bond acceptors (Lipinski definition) is 3. The van der Waals surface area contributed by atoms with Crippen molar-refractivity contribution in [1.82, 2.24) is 14.8 Å². The third-order valence-corrected chi connectivity index (χ3v) is 4.62. The summed E-state index contributed by atoms with van der Waals surface area (Å²) >= 11 is 1.61. The molecule has 0 spiro atoms. The molecule has 126 valence electrons. The Morgan fingerprint density at radius 1 is 1.25 bits per heavy atom. The van der Waals surface area contributed by atoms with Crippen LogP contribution in [0.4, 0.5) is 13.6 Å². The van der Waals surface area contributed by atoms with Crippen LogP contribution in [0.2, 0.25) is 0 Å². The third-order valence-electron chi connectivity index (χ3n) is 3.91. The van der Waals surface area contributed by atoms with E-state index in [2.05, 4.69) is 5.32 Å². The molecule has 2 aromatic heterocycles. The lowest BCUT2D eigenvalue weighted by Gasteiger charge is -2.24. The number of benzene rings is 1. The molecule has 1 N–H and O–H groups in total. The van der Waals surface area contributed by atoms with Gasteiger partial charge in [-0.1, -0.05) is 0 Å². The van der Waals surface area contributed by atoms with Crippen molar-refractivity contribution in [3.63, 3.8) is 0 Å². The Bertz CT molecular complexity index is 819. The lowest BCUT2D eigenvalue weighted by atomic mass is 10.1. The summed E-state index contributed by atoms with van der Waals surface area (Å²) in [5.41, 5.74) is 1.13. The van der Waals surface area contributed by atoms with E-state index in [1.54, 1.807) is 11.3 Å². The number of fused-ring (bicyclic) bond motifs is 1. The van der Waals surface area contributed by atoms with Crippen LogP contribution in [-0.4, -0.2) is 36.1 Å². The molecule has 3 rings (SSSR count). The van der Waals surface area contributed by atoms with Crippen molar-refractivity contribution in [3.8, 4) is 0 Å². The maximum absolute atomic E-state index is 13.3. The average molecular weight is 349 g/mol. The zero-order valence-electron chi connectivity index (χ0n) is 13.3. The Balaban J connectivity index is 1.75. The molecule has 1 amide bonds. The molecule has 24 heavy (non-hydrogen) atoms. The van der Waals surface area contributed by atoms with E-state index in [0.29, 0.717) is 17.3 Å². The Kier molecular flexibility index (Phi) is 4.64. The van der Waals surface area contributed by atoms with Crippen LogP contribution < -0.4 is 5.32 Å². The average Bonchev–Trinajstić information content (AvgIpc) is 3.17. The highest BCUT2D eigenvalue weighted by Gasteiger charge is 2.16. The lowest BCUT2D eigenvalue weighted by molar-refractivity contribution is 0.234. The highest BCUT2D eigenvalue weighted by atomic mass is 32.1. The second-order valence-electron chi connectivity index (χ2n) is 5.78. The van der Waals surface area contributed by atoms with Crippen LogP contribution in [0.1, 0.15) is 11.6 Å². The normalized spacial score (nSPS) is 12.7. The van der Waals surface area contributed by atoms with Crippen LogP contribution >= 0.6 is 11.3 Å². The van der Waals surface area contributed by atoms with E-state index in [1.165, 1.54) is 17.0 Å². The van der Waals surface area contributed by atoms with Gasteiger partial charge in [-0.05, 0) is 48.6 Å². The Labute approximate surface area is 142 Å². The number of nitrogens with zero attached hydrogens (tertiary/aromatic N) is 2. The van der Waals surface area contributed by atoms with Gasteiger partial charge in [0, 0.05) is 29.7 Å². The van der Waals surface area contributed by atoms with Crippen LogP contribution in [0.15, 0.2) is 41.4 Å². The van der Waals surface area contributed by atoms with E-state index in [1.807, 2.05) is 35.8 Å². The lowest BCUT2D eigenvalue weighted by Crippen LogP contribution is -2.36. The topological polar surface area (TPSA) is 37.3 Å². The van der Waals surface area contributed by atoms with Gasteiger partial charge >= 0.3 is 6.03 Å². The number of carbonyl (C=O) groups is 1. The van der Waals surface area contributed by atoms with E-state index in [4.69, 9.17) is 0 Å². The van der Waals surface area contributed by atoms with Gasteiger partial charge in [0.05, 0.1) is 6.04 Å². The maximum atomic E-state index is 13.3. The van der Waals surface area contributed by atoms with Gasteiger partial charge < -0.3 is 10.2 Å². The van der Waals surface area contributed by atoms with Crippen LogP contribution in [0.3, 0.4) is 0 Å². The number of rotatable bonds is 4. The van der Waals surface area contributed by atoms with Gasteiger partial charge in [-0.2, -0.15) is 11.3 Å². The SMILES string of the molecule is CN(C)C(CNC(=O)n1cc2cc(F)c(F)cc2c1)c1ccsc1. The molecule has 1 aromatic carbocycles. The summed E-state index contributed by atoms with van der Waals surface area (Å²) in [6.07, 6.45) is 2.98. The minimum atomic E-state index is -0.925. The van der Waals surface area contributed by atoms with Crippen molar-refractivity contribution in [1.29, 1.82) is 0 Å². The number of carbonyl (C=O) groups excluding carboxylic acids is 1. The van der Waals surface area contributed by atoms with Crippen molar-refractivity contribution >= 4 is 28.1 Å². The fraction of sp³-hybridized carbons (Fsp3) is 0.235. The first kappa shape index (κ1) is 16.6. The smallest absolute Gasteiger partial charge is 0.325 e. The molecule has 1 atom stereocenters. The molecule has 2 heterocycles. The zero-order valence-corrected chi connectivity index (χ0v) is 14.1. The Morgan fingerprint density at radius 2 is 1.88 bits per heavy atom. The molecular formula is C17H17F2N3OS. The number of amides is 1. The molecule has 7 heteroatoms. The zero-order chi connectivity index (χ0) is 17.3. The summed E-state index contributed by atoms with van der Waals surface area (Å²) in [7, 11) is 3.90. The van der Waals surface area contributed by atoms with Gasteiger partial charge in [0.25, 0.3) is 0 Å². The summed E-state index contributed by atoms with van der Waals surface area (Å²) in [6, 6.07) is 3.91. The molecule has 4 nitrogen and oxygen atoms in total. The predicted molar refractivity (Wildman–Crippen MR) is 91.4 cm³/mol. The highest BCUT2D eigenvalue weighted by Crippen LogP contribution is 2.21. The first-order valence-corrected chi connectivity index (χ1v) is 8.33. The number of likely N-dealkylation sites (N-methyl/N-ethyl adjacent to an activating group) is 1. The standard InChI is InChI=1S/C17H17F2N3OS/c1-21(2)16(11-3-4-24-10-11)7-20-17(23)22-8-12-5-14(18)15(19)6-13(12)9-22/h3-6,8-10,16H,7H2,1-2H3,(H,20,23). The number of thiophene rings is 1. The van der Waals surface area contributed by atoms with Crippen molar-refractivity contribution in [2.45, 2.75) is 6.04 Å². The second kappa shape index (κ2) is 6.70. The molecule has 0 aliphatic rings. The van der Waals surface area contributed by atoms with E-state index in [9.17, 15) is 13.6 Å². The maximum Gasteiger partial charge on any atom is 0.325 e. The Hall–Kier alpha value is -2.25. The molecule has 1 unspecified atom stereocenters. The van der Waals surface area contributed by atoms with Crippen molar-refractivity contribution in [2.75, 3.05) is 20.6 Å². The summed E-state index contributed by atoms with van der Waals surface area (Å²) in [4.78, 5) is 14.4. The van der Waals surface area contributed by atoms with Gasteiger partial charge in [0.1, 0.15) is 0 Å². The van der Waals surface area contributed by atoms with E-state index >= 15 is 0 Å². The molecule has 0 radical (unpaired) electrons. The van der Waals surface area contributed by atoms with Gasteiger partial charge in [0.15, 0.2) is 11.6 Å². The second-order valence-corrected chi connectivity index (χ2v) is 6.56. The Morgan fingerprint density at radius 3 is 2.38 bits per heavy atom. The van der Waals surface area contributed by atoms with Gasteiger partial charge in [-0.15, -0.1) is 0 Å². The molecule has 0 saturated heterocycles. The minimum absolute atomic E-state index is 0.0556. The molecule has 0 aliphatic carbocycles. The largest absolute Gasteiger partial charge is 0.335 e. The molecule has 3 aromatic rings. The molecular weight excluding hydrogens is 332 g/mol. The van der Waals surface area contributed by atoms with Crippen LogP contribution in [0.5, 0.6) is 0 Å². The summed E-state index contributed by atoms with van der Waals surface area (Å²) in [5, 5.41) is 7.86. The fourth-order valence-corrected chi connectivity index (χ4v) is 3.30. The summed E-state index contributed by atoms with van der Waals surface area (Å²) in [5.74, 6) is -1.85. The van der Waals surface area contributed by atoms with Gasteiger partial charge in [-0.25, -0.2) is 13.6 Å². The quantitative estimate of drug-likeness (QED) is 0.777. The molecule has 0 fully saturated rings. The van der Waals surface area contributed by atoms with Crippen molar-refractivity contribution < 1.29 is 13.6 Å². The van der Waals surface area contributed by atoms with Crippen LogP contribution in [0.25, 0.3) is 10.8 Å². The first-order valence-electron chi connectivity index (χ1n) is 7.39. The van der Waals surface area contributed by atoms with Crippen molar-refractivity contribution in [3.05, 3.63) is 58.6 Å². The van der Waals surface area contributed by atoms with Crippen LogP contribution in [-0.2, 0) is 0 Å². The van der Waals surface area contributed by atoms with Crippen LogP contribution in [0, 0.1) is 11.6 Å². The highest BCUT2D eigenvalue weighted by molar-refractivity contribution is 7.07. The number of aromatic nitrogens is 1. The monoisotopic (exact) mass is 349 g/mol. The molecule has 0 aliphatic heterocycles. The van der Waals surface area contributed by atoms with Crippen molar-refractivity contribution in [2.24, 2.45) is 0 Å². The summed E-state index contributed by atoms with van der Waals surface area (Å²) in [6.45, 7) is 0.430. The number of halogens is 2. The minimum Gasteiger partial charge on any atom is -0.335 e. The van der Waals surface area contributed by atoms with E-state index in [0.717, 1.165) is 17.7 Å². The van der Waals surface area contributed by atoms with Gasteiger partial charge in [0.2, 0.25) is 0 Å². The first-order chi connectivity index (χ1) is 11.5. The molecule has 0 saturated carbocycles. The van der Waals surface area contributed by atoms with E-state index in [-0.39, 0.29) is 12.1 Å². The number of nitrogens with one attached hydrogen (secondary N) is 1. The van der Waals surface area contributed by atoms with E-state index < -0.39 is 11.6 Å². The summed E-state index contributed by atoms with van der Waals surface area (Å²) < 4.78 is 27.8. The predicted octanol–water partition coefficient (Wildman–Crippen LogP) is 3.84. The number of hydrogen-bond donors (Lipinski definition) is 1. The van der Waals surface area contributed by atoms with Gasteiger partial charge in [-0.3, -0.25) is 4.57 Å². The molecule has 0 bridgehead atoms. The fourth-order valence-electron chi connectivity index (χ4n) is 2.59.